The van der Waals surface area contributed by atoms with Gasteiger partial charge in [-0.3, -0.25) is 0 Å². The zero-order chi connectivity index (χ0) is 14.8. The summed E-state index contributed by atoms with van der Waals surface area (Å²) in [6.45, 7) is 6.40. The molecular formula is C17H22BrN3. The van der Waals surface area contributed by atoms with Crippen molar-refractivity contribution in [3.05, 3.63) is 46.2 Å². The third kappa shape index (κ3) is 3.74. The predicted octanol–water partition coefficient (Wildman–Crippen LogP) is 4.26. The fourth-order valence-electron chi connectivity index (χ4n) is 2.42. The van der Waals surface area contributed by atoms with Gasteiger partial charge in [0, 0.05) is 23.1 Å². The van der Waals surface area contributed by atoms with E-state index in [2.05, 4.69) is 70.7 Å². The highest BCUT2D eigenvalue weighted by molar-refractivity contribution is 9.10. The molecule has 3 rings (SSSR count). The number of hydrogen-bond donors (Lipinski definition) is 1. The number of hydrogen-bond acceptors (Lipinski definition) is 2. The molecule has 0 radical (unpaired) electrons. The molecular weight excluding hydrogens is 326 g/mol. The van der Waals surface area contributed by atoms with Crippen molar-refractivity contribution in [1.82, 2.24) is 15.1 Å². The van der Waals surface area contributed by atoms with Gasteiger partial charge in [-0.2, -0.15) is 5.10 Å². The molecule has 2 aromatic rings. The molecule has 4 heteroatoms. The minimum Gasteiger partial charge on any atom is -0.312 e. The molecule has 0 aliphatic heterocycles. The van der Waals surface area contributed by atoms with Crippen LogP contribution in [0.15, 0.2) is 34.9 Å². The lowest BCUT2D eigenvalue weighted by Crippen LogP contribution is -2.18. The molecule has 0 amide bonds. The Morgan fingerprint density at radius 1 is 1.33 bits per heavy atom. The summed E-state index contributed by atoms with van der Waals surface area (Å²) >= 11 is 3.68. The van der Waals surface area contributed by atoms with Crippen molar-refractivity contribution < 1.29 is 0 Å². The predicted molar refractivity (Wildman–Crippen MR) is 89.8 cm³/mol. The second kappa shape index (κ2) is 6.32. The molecule has 0 atom stereocenters. The van der Waals surface area contributed by atoms with E-state index in [0.717, 1.165) is 23.2 Å². The van der Waals surface area contributed by atoms with Gasteiger partial charge in [0.1, 0.15) is 0 Å². The van der Waals surface area contributed by atoms with E-state index >= 15 is 0 Å². The quantitative estimate of drug-likeness (QED) is 0.845. The van der Waals surface area contributed by atoms with Crippen molar-refractivity contribution >= 4 is 15.9 Å². The van der Waals surface area contributed by atoms with E-state index in [-0.39, 0.29) is 0 Å². The van der Waals surface area contributed by atoms with E-state index in [4.69, 9.17) is 0 Å². The molecule has 0 bridgehead atoms. The van der Waals surface area contributed by atoms with Crippen molar-refractivity contribution in [3.63, 3.8) is 0 Å². The first-order chi connectivity index (χ1) is 10.1. The summed E-state index contributed by atoms with van der Waals surface area (Å²) in [5.41, 5.74) is 3.62. The van der Waals surface area contributed by atoms with Crippen LogP contribution in [0.2, 0.25) is 0 Å². The zero-order valence-electron chi connectivity index (χ0n) is 12.6. The molecule has 21 heavy (non-hydrogen) atoms. The number of rotatable bonds is 6. The highest BCUT2D eigenvalue weighted by atomic mass is 79.9. The number of nitrogens with one attached hydrogen (secondary N) is 1. The Bertz CT molecular complexity index is 614. The minimum atomic E-state index is 0.678. The maximum atomic E-state index is 4.69. The second-order valence-electron chi connectivity index (χ2n) is 6.27. The van der Waals surface area contributed by atoms with E-state index in [1.165, 1.54) is 24.1 Å². The summed E-state index contributed by atoms with van der Waals surface area (Å²) in [7, 11) is 0. The maximum absolute atomic E-state index is 4.69. The third-order valence-corrected chi connectivity index (χ3v) is 4.38. The van der Waals surface area contributed by atoms with Gasteiger partial charge in [0.2, 0.25) is 0 Å². The van der Waals surface area contributed by atoms with Crippen molar-refractivity contribution in [1.29, 1.82) is 0 Å². The molecule has 112 valence electrons. The first kappa shape index (κ1) is 14.8. The number of halogens is 1. The summed E-state index contributed by atoms with van der Waals surface area (Å²) in [5.74, 6) is 1.38. The van der Waals surface area contributed by atoms with Gasteiger partial charge in [0.25, 0.3) is 0 Å². The topological polar surface area (TPSA) is 29.9 Å². The van der Waals surface area contributed by atoms with Crippen molar-refractivity contribution in [2.24, 2.45) is 5.92 Å². The molecule has 0 spiro atoms. The van der Waals surface area contributed by atoms with Gasteiger partial charge in [-0.25, -0.2) is 4.68 Å². The molecule has 1 saturated carbocycles. The maximum Gasteiger partial charge on any atom is 0.0787 e. The molecule has 0 saturated heterocycles. The van der Waals surface area contributed by atoms with Gasteiger partial charge < -0.3 is 5.32 Å². The third-order valence-electron chi connectivity index (χ3n) is 3.75. The van der Waals surface area contributed by atoms with Gasteiger partial charge >= 0.3 is 0 Å². The number of aromatic nitrogens is 2. The summed E-state index contributed by atoms with van der Waals surface area (Å²) in [4.78, 5) is 0. The van der Waals surface area contributed by atoms with Gasteiger partial charge in [0.15, 0.2) is 0 Å². The van der Waals surface area contributed by atoms with Crippen LogP contribution in [0.4, 0.5) is 0 Å². The smallest absolute Gasteiger partial charge is 0.0787 e. The average molecular weight is 348 g/mol. The van der Waals surface area contributed by atoms with E-state index in [1.807, 2.05) is 4.68 Å². The summed E-state index contributed by atoms with van der Waals surface area (Å²) in [6.07, 6.45) is 4.64. The van der Waals surface area contributed by atoms with Gasteiger partial charge in [-0.1, -0.05) is 19.9 Å². The van der Waals surface area contributed by atoms with E-state index in [0.29, 0.717) is 11.8 Å². The fraction of sp³-hybridized carbons (Fsp3) is 0.471. The molecule has 1 N–H and O–H groups in total. The number of nitrogens with zero attached hydrogens (tertiary/aromatic N) is 2. The van der Waals surface area contributed by atoms with Gasteiger partial charge in [-0.15, -0.1) is 0 Å². The Hall–Kier alpha value is -1.13. The summed E-state index contributed by atoms with van der Waals surface area (Å²) < 4.78 is 3.07. The minimum absolute atomic E-state index is 0.678. The lowest BCUT2D eigenvalue weighted by atomic mass is 10.2. The van der Waals surface area contributed by atoms with Crippen LogP contribution >= 0.6 is 15.9 Å². The Kier molecular flexibility index (Phi) is 4.45. The van der Waals surface area contributed by atoms with E-state index in [1.54, 1.807) is 0 Å². The molecule has 1 heterocycles. The van der Waals surface area contributed by atoms with Crippen molar-refractivity contribution in [2.45, 2.75) is 39.2 Å². The Balaban J connectivity index is 1.70. The summed E-state index contributed by atoms with van der Waals surface area (Å²) in [5, 5.41) is 8.16. The van der Waals surface area contributed by atoms with E-state index in [9.17, 15) is 0 Å². The molecule has 1 aromatic heterocycles. The fourth-order valence-corrected chi connectivity index (χ4v) is 3.03. The largest absolute Gasteiger partial charge is 0.312 e. The van der Waals surface area contributed by atoms with Crippen LogP contribution in [0.25, 0.3) is 5.69 Å². The van der Waals surface area contributed by atoms with Gasteiger partial charge in [0.05, 0.1) is 11.4 Å². The van der Waals surface area contributed by atoms with Gasteiger partial charge in [-0.05, 0) is 65.0 Å². The van der Waals surface area contributed by atoms with Crippen LogP contribution in [0, 0.1) is 5.92 Å². The number of benzene rings is 1. The first-order valence-corrected chi connectivity index (χ1v) is 8.48. The zero-order valence-corrected chi connectivity index (χ0v) is 14.2. The SMILES string of the molecule is CC(C)CNCc1ccc(-n2ccc(C3CC3)n2)c(Br)c1. The molecule has 3 nitrogen and oxygen atoms in total. The normalized spacial score (nSPS) is 14.9. The highest BCUT2D eigenvalue weighted by Gasteiger charge is 2.26. The molecule has 1 aliphatic carbocycles. The van der Waals surface area contributed by atoms with E-state index < -0.39 is 0 Å². The van der Waals surface area contributed by atoms with Crippen LogP contribution in [0.1, 0.15) is 43.9 Å². The lowest BCUT2D eigenvalue weighted by Gasteiger charge is -2.10. The second-order valence-corrected chi connectivity index (χ2v) is 7.12. The van der Waals surface area contributed by atoms with Crippen LogP contribution in [0.3, 0.4) is 0 Å². The van der Waals surface area contributed by atoms with Crippen molar-refractivity contribution in [2.75, 3.05) is 6.54 Å². The Morgan fingerprint density at radius 3 is 2.81 bits per heavy atom. The van der Waals surface area contributed by atoms with Crippen LogP contribution in [-0.4, -0.2) is 16.3 Å². The van der Waals surface area contributed by atoms with Crippen molar-refractivity contribution in [3.8, 4) is 5.69 Å². The highest BCUT2D eigenvalue weighted by Crippen LogP contribution is 2.39. The molecule has 1 aliphatic rings. The molecule has 0 unspecified atom stereocenters. The lowest BCUT2D eigenvalue weighted by molar-refractivity contribution is 0.552. The first-order valence-electron chi connectivity index (χ1n) is 7.68. The summed E-state index contributed by atoms with van der Waals surface area (Å²) in [6, 6.07) is 8.63. The van der Waals surface area contributed by atoms with Crippen LogP contribution in [-0.2, 0) is 6.54 Å². The molecule has 1 aromatic carbocycles. The van der Waals surface area contributed by atoms with Crippen LogP contribution < -0.4 is 5.32 Å². The Morgan fingerprint density at radius 2 is 2.14 bits per heavy atom. The average Bonchev–Trinajstić information content (AvgIpc) is 3.17. The molecule has 1 fully saturated rings. The van der Waals surface area contributed by atoms with Crippen LogP contribution in [0.5, 0.6) is 0 Å². The standard InChI is InChI=1S/C17H22BrN3/c1-12(2)10-19-11-13-3-6-17(15(18)9-13)21-8-7-16(20-21)14-4-5-14/h3,6-9,12,14,19H,4-5,10-11H2,1-2H3. The Labute approximate surface area is 134 Å². The monoisotopic (exact) mass is 347 g/mol.